The zero-order valence-corrected chi connectivity index (χ0v) is 26.3. The highest BCUT2D eigenvalue weighted by molar-refractivity contribution is 7.92. The summed E-state index contributed by atoms with van der Waals surface area (Å²) in [5, 5.41) is 3.18. The quantitative estimate of drug-likeness (QED) is 0.284. The first-order chi connectivity index (χ1) is 19.9. The third-order valence-electron chi connectivity index (χ3n) is 6.95. The highest BCUT2D eigenvalue weighted by Crippen LogP contribution is 2.35. The predicted molar refractivity (Wildman–Crippen MR) is 165 cm³/mol. The SMILES string of the molecule is CC[C@@H](C)NC(=O)[C@H](C)N(Cc1cccc(OC)c1)C(=O)CN(c1cc(Cl)ccc1OC)S(=O)(=O)c1ccc(C)cc1. The van der Waals surface area contributed by atoms with Gasteiger partial charge in [0, 0.05) is 17.6 Å². The summed E-state index contributed by atoms with van der Waals surface area (Å²) in [6.45, 7) is 6.71. The van der Waals surface area contributed by atoms with Crippen LogP contribution in [0.25, 0.3) is 0 Å². The monoisotopic (exact) mass is 615 g/mol. The molecule has 0 aliphatic rings. The van der Waals surface area contributed by atoms with Crippen molar-refractivity contribution in [2.75, 3.05) is 25.1 Å². The number of sulfonamides is 1. The highest BCUT2D eigenvalue weighted by atomic mass is 35.5. The molecule has 0 spiro atoms. The van der Waals surface area contributed by atoms with Crippen LogP contribution in [0.4, 0.5) is 5.69 Å². The Labute approximate surface area is 253 Å². The molecule has 0 unspecified atom stereocenters. The van der Waals surface area contributed by atoms with Gasteiger partial charge >= 0.3 is 0 Å². The molecule has 0 heterocycles. The fourth-order valence-electron chi connectivity index (χ4n) is 4.22. The Hall–Kier alpha value is -3.76. The van der Waals surface area contributed by atoms with Gasteiger partial charge in [0.25, 0.3) is 10.0 Å². The van der Waals surface area contributed by atoms with Crippen molar-refractivity contribution < 1.29 is 27.5 Å². The molecule has 3 aromatic carbocycles. The second-order valence-corrected chi connectivity index (χ2v) is 12.3. The van der Waals surface area contributed by atoms with Crippen LogP contribution in [-0.4, -0.2) is 58.0 Å². The number of carbonyl (C=O) groups excluding carboxylic acids is 2. The van der Waals surface area contributed by atoms with Crippen molar-refractivity contribution >= 4 is 39.1 Å². The molecule has 0 aliphatic carbocycles. The molecule has 0 saturated heterocycles. The molecule has 0 radical (unpaired) electrons. The minimum Gasteiger partial charge on any atom is -0.497 e. The molecule has 0 aromatic heterocycles. The van der Waals surface area contributed by atoms with Crippen LogP contribution >= 0.6 is 11.6 Å². The highest BCUT2D eigenvalue weighted by Gasteiger charge is 2.34. The van der Waals surface area contributed by atoms with Crippen molar-refractivity contribution in [2.45, 2.75) is 57.6 Å². The maximum atomic E-state index is 14.1. The number of amides is 2. The van der Waals surface area contributed by atoms with Gasteiger partial charge in [0.05, 0.1) is 24.8 Å². The summed E-state index contributed by atoms with van der Waals surface area (Å²) in [4.78, 5) is 28.7. The molecule has 9 nitrogen and oxygen atoms in total. The van der Waals surface area contributed by atoms with Crippen molar-refractivity contribution in [1.82, 2.24) is 10.2 Å². The summed E-state index contributed by atoms with van der Waals surface area (Å²) in [6.07, 6.45) is 0.708. The molecule has 11 heteroatoms. The first kappa shape index (κ1) is 32.8. The average molecular weight is 616 g/mol. The van der Waals surface area contributed by atoms with Crippen LogP contribution in [-0.2, 0) is 26.2 Å². The number of aryl methyl sites for hydroxylation is 1. The smallest absolute Gasteiger partial charge is 0.264 e. The van der Waals surface area contributed by atoms with E-state index in [9.17, 15) is 18.0 Å². The van der Waals surface area contributed by atoms with Crippen molar-refractivity contribution in [3.05, 3.63) is 82.9 Å². The molecule has 226 valence electrons. The zero-order valence-electron chi connectivity index (χ0n) is 24.8. The van der Waals surface area contributed by atoms with Gasteiger partial charge in [0.2, 0.25) is 11.8 Å². The largest absolute Gasteiger partial charge is 0.497 e. The topological polar surface area (TPSA) is 105 Å². The van der Waals surface area contributed by atoms with Gasteiger partial charge in [-0.15, -0.1) is 0 Å². The standard InChI is InChI=1S/C31H38ClN3O6S/c1-7-22(3)33-31(37)23(4)34(19-24-9-8-10-26(17-24)40-5)30(36)20-35(28-18-25(32)13-16-29(28)41-6)42(38,39)27-14-11-21(2)12-15-27/h8-18,22-23H,7,19-20H2,1-6H3,(H,33,37)/t22-,23+/m1/s1. The second kappa shape index (κ2) is 14.4. The summed E-state index contributed by atoms with van der Waals surface area (Å²) >= 11 is 6.29. The molecule has 2 amide bonds. The Kier molecular flexibility index (Phi) is 11.2. The third-order valence-corrected chi connectivity index (χ3v) is 8.96. The molecule has 3 rings (SSSR count). The van der Waals surface area contributed by atoms with Crippen molar-refractivity contribution in [1.29, 1.82) is 0 Å². The molecular formula is C31H38ClN3O6S. The van der Waals surface area contributed by atoms with E-state index >= 15 is 0 Å². The van der Waals surface area contributed by atoms with E-state index in [1.807, 2.05) is 26.8 Å². The lowest BCUT2D eigenvalue weighted by Gasteiger charge is -2.33. The molecule has 3 aromatic rings. The Morgan fingerprint density at radius 1 is 0.976 bits per heavy atom. The normalized spacial score (nSPS) is 12.6. The Morgan fingerprint density at radius 3 is 2.29 bits per heavy atom. The van der Waals surface area contributed by atoms with Crippen LogP contribution in [0.1, 0.15) is 38.3 Å². The zero-order chi connectivity index (χ0) is 31.0. The third kappa shape index (κ3) is 7.95. The first-order valence-electron chi connectivity index (χ1n) is 13.6. The minimum absolute atomic E-state index is 0.00941. The number of nitrogens with one attached hydrogen (secondary N) is 1. The van der Waals surface area contributed by atoms with E-state index in [1.165, 1.54) is 43.4 Å². The lowest BCUT2D eigenvalue weighted by molar-refractivity contribution is -0.139. The molecule has 2 atom stereocenters. The number of ether oxygens (including phenoxy) is 2. The fraction of sp³-hybridized carbons (Fsp3) is 0.355. The molecule has 1 N–H and O–H groups in total. The van der Waals surface area contributed by atoms with Gasteiger partial charge in [-0.2, -0.15) is 0 Å². The molecule has 0 saturated carbocycles. The lowest BCUT2D eigenvalue weighted by Crippen LogP contribution is -2.52. The molecule has 0 aliphatic heterocycles. The van der Waals surface area contributed by atoms with E-state index in [0.717, 1.165) is 9.87 Å². The van der Waals surface area contributed by atoms with Gasteiger partial charge in [-0.05, 0) is 75.2 Å². The van der Waals surface area contributed by atoms with Gasteiger partial charge in [0.1, 0.15) is 24.1 Å². The van der Waals surface area contributed by atoms with E-state index < -0.39 is 28.5 Å². The number of carbonyl (C=O) groups is 2. The Balaban J connectivity index is 2.10. The van der Waals surface area contributed by atoms with Crippen molar-refractivity contribution in [2.24, 2.45) is 0 Å². The van der Waals surface area contributed by atoms with Gasteiger partial charge in [-0.1, -0.05) is 48.4 Å². The number of nitrogens with zero attached hydrogens (tertiary/aromatic N) is 2. The van der Waals surface area contributed by atoms with Crippen LogP contribution in [0.5, 0.6) is 11.5 Å². The van der Waals surface area contributed by atoms with E-state index in [0.29, 0.717) is 17.7 Å². The average Bonchev–Trinajstić information content (AvgIpc) is 2.98. The number of rotatable bonds is 13. The summed E-state index contributed by atoms with van der Waals surface area (Å²) in [7, 11) is -1.33. The van der Waals surface area contributed by atoms with Gasteiger partial charge in [0.15, 0.2) is 0 Å². The van der Waals surface area contributed by atoms with Gasteiger partial charge < -0.3 is 19.7 Å². The number of hydrogen-bond acceptors (Lipinski definition) is 6. The summed E-state index contributed by atoms with van der Waals surface area (Å²) in [5.41, 5.74) is 1.68. The maximum absolute atomic E-state index is 14.1. The fourth-order valence-corrected chi connectivity index (χ4v) is 5.81. The van der Waals surface area contributed by atoms with Crippen LogP contribution in [0, 0.1) is 6.92 Å². The van der Waals surface area contributed by atoms with E-state index in [2.05, 4.69) is 5.32 Å². The maximum Gasteiger partial charge on any atom is 0.264 e. The van der Waals surface area contributed by atoms with Crippen molar-refractivity contribution in [3.8, 4) is 11.5 Å². The summed E-state index contributed by atoms with van der Waals surface area (Å²) in [5.74, 6) is -0.148. The van der Waals surface area contributed by atoms with Crippen LogP contribution in [0.3, 0.4) is 0 Å². The Morgan fingerprint density at radius 2 is 1.67 bits per heavy atom. The second-order valence-electron chi connectivity index (χ2n) is 10.0. The van der Waals surface area contributed by atoms with E-state index in [-0.39, 0.29) is 39.8 Å². The van der Waals surface area contributed by atoms with Crippen LogP contribution in [0.2, 0.25) is 5.02 Å². The van der Waals surface area contributed by atoms with Gasteiger partial charge in [-0.25, -0.2) is 8.42 Å². The number of hydrogen-bond donors (Lipinski definition) is 1. The van der Waals surface area contributed by atoms with Crippen LogP contribution in [0.15, 0.2) is 71.6 Å². The summed E-state index contributed by atoms with van der Waals surface area (Å²) < 4.78 is 39.9. The Bertz CT molecular complexity index is 1500. The molecule has 42 heavy (non-hydrogen) atoms. The predicted octanol–water partition coefficient (Wildman–Crippen LogP) is 5.19. The molecule has 0 fully saturated rings. The number of anilines is 1. The number of halogens is 1. The molecular weight excluding hydrogens is 578 g/mol. The number of benzene rings is 3. The van der Waals surface area contributed by atoms with Crippen LogP contribution < -0.4 is 19.1 Å². The van der Waals surface area contributed by atoms with E-state index in [4.69, 9.17) is 21.1 Å². The lowest BCUT2D eigenvalue weighted by atomic mass is 10.1. The summed E-state index contributed by atoms with van der Waals surface area (Å²) in [6, 6.07) is 17.0. The first-order valence-corrected chi connectivity index (χ1v) is 15.4. The molecule has 0 bridgehead atoms. The van der Waals surface area contributed by atoms with Crippen molar-refractivity contribution in [3.63, 3.8) is 0 Å². The minimum atomic E-state index is -4.27. The van der Waals surface area contributed by atoms with Gasteiger partial charge in [-0.3, -0.25) is 13.9 Å². The number of methoxy groups -OCH3 is 2. The van der Waals surface area contributed by atoms with E-state index in [1.54, 1.807) is 43.3 Å².